The molecule has 17 heteroatoms. The number of phosphoric ester groups is 1. The summed E-state index contributed by atoms with van der Waals surface area (Å²) in [6, 6.07) is 25.2. The fourth-order valence-corrected chi connectivity index (χ4v) is 15.7. The normalized spacial score (nSPS) is 15.6. The molecule has 2 heterocycles. The first kappa shape index (κ1) is 83.2. The van der Waals surface area contributed by atoms with E-state index in [1.54, 1.807) is 0 Å². The number of benzene rings is 4. The lowest BCUT2D eigenvalue weighted by Gasteiger charge is -2.27. The lowest BCUT2D eigenvalue weighted by atomic mass is 9.79. The molecule has 2 atom stereocenters. The molecule has 2 aliphatic heterocycles. The van der Waals surface area contributed by atoms with Crippen molar-refractivity contribution in [2.24, 2.45) is 0 Å². The summed E-state index contributed by atoms with van der Waals surface area (Å²) in [5.74, 6) is -1.47. The number of anilines is 1. The van der Waals surface area contributed by atoms with Crippen molar-refractivity contribution in [3.05, 3.63) is 132 Å². The van der Waals surface area contributed by atoms with Crippen molar-refractivity contribution < 1.29 is 59.9 Å². The minimum atomic E-state index is -4.71. The molecule has 0 bridgehead atoms. The van der Waals surface area contributed by atoms with Crippen LogP contribution in [0.1, 0.15) is 277 Å². The second-order valence-corrected chi connectivity index (χ2v) is 31.9. The number of unbranched alkanes of at least 4 members (excludes halogenated alkanes) is 29. The van der Waals surface area contributed by atoms with Gasteiger partial charge in [-0.2, -0.15) is 13.0 Å². The van der Waals surface area contributed by atoms with Gasteiger partial charge in [0.1, 0.15) is 13.2 Å². The van der Waals surface area contributed by atoms with E-state index in [4.69, 9.17) is 18.5 Å². The van der Waals surface area contributed by atoms with E-state index in [9.17, 15) is 36.8 Å². The highest BCUT2D eigenvalue weighted by Gasteiger charge is 2.46. The maximum atomic E-state index is 13.6. The molecule has 2 unspecified atom stereocenters. The number of carbonyl (C=O) groups is 3. The summed E-state index contributed by atoms with van der Waals surface area (Å²) in [5.41, 5.74) is 5.78. The van der Waals surface area contributed by atoms with E-state index in [0.717, 1.165) is 83.0 Å². The molecule has 3 N–H and O–H groups in total. The maximum Gasteiger partial charge on any atom is 0.472 e. The zero-order valence-corrected chi connectivity index (χ0v) is 63.7. The van der Waals surface area contributed by atoms with E-state index in [-0.39, 0.29) is 56.1 Å². The fraction of sp³-hybridized carbons (Fsp3) is 0.614. The molecule has 100 heavy (non-hydrogen) atoms. The SMILES string of the molecule is CCCCCCCCCCCCCCCCCC(=O)OCC(COP(=O)(O)OCCNC(=O)CCN1/C(=C/C=C/C=C/C=C/C2=[N+](CCCCS(=O)(=O)O)c3ccc4ccccc4c3C2(C)C)C(C)(C)c2c1ccc1ccccc21)OC(=O)CCCCCCCCCCCCCCCCC. The van der Waals surface area contributed by atoms with E-state index < -0.39 is 48.0 Å². The zero-order valence-electron chi connectivity index (χ0n) is 62.0. The number of esters is 2. The molecule has 0 spiro atoms. The smallest absolute Gasteiger partial charge is 0.462 e. The van der Waals surface area contributed by atoms with Crippen LogP contribution in [0.4, 0.5) is 11.4 Å². The van der Waals surface area contributed by atoms with Gasteiger partial charge in [-0.25, -0.2) is 4.57 Å². The van der Waals surface area contributed by atoms with Gasteiger partial charge in [-0.05, 0) is 78.4 Å². The third-order valence-electron chi connectivity index (χ3n) is 19.9. The Morgan fingerprint density at radius 2 is 1.05 bits per heavy atom. The van der Waals surface area contributed by atoms with Crippen LogP contribution in [0.15, 0.2) is 121 Å². The number of carbonyl (C=O) groups excluding carboxylic acids is 3. The Balaban J connectivity index is 0.983. The van der Waals surface area contributed by atoms with Crippen LogP contribution in [-0.2, 0) is 58.4 Å². The maximum absolute atomic E-state index is 13.6. The lowest BCUT2D eigenvalue weighted by molar-refractivity contribution is -0.438. The van der Waals surface area contributed by atoms with Gasteiger partial charge < -0.3 is 24.6 Å². The molecule has 2 aliphatic rings. The molecule has 4 aromatic carbocycles. The zero-order chi connectivity index (χ0) is 71.9. The molecule has 15 nitrogen and oxygen atoms in total. The molecule has 6 rings (SSSR count). The Morgan fingerprint density at radius 1 is 0.560 bits per heavy atom. The highest BCUT2D eigenvalue weighted by atomic mass is 32.2. The third kappa shape index (κ3) is 29.2. The predicted octanol–water partition coefficient (Wildman–Crippen LogP) is 21.0. The highest BCUT2D eigenvalue weighted by Crippen LogP contribution is 2.51. The van der Waals surface area contributed by atoms with Gasteiger partial charge in [0, 0.05) is 73.3 Å². The van der Waals surface area contributed by atoms with Crippen molar-refractivity contribution in [1.29, 1.82) is 0 Å². The van der Waals surface area contributed by atoms with Gasteiger partial charge >= 0.3 is 19.8 Å². The molecular formula is C83H125N3O12PS+. The van der Waals surface area contributed by atoms with Gasteiger partial charge in [0.25, 0.3) is 10.1 Å². The van der Waals surface area contributed by atoms with Crippen molar-refractivity contribution >= 4 is 74.4 Å². The van der Waals surface area contributed by atoms with Gasteiger partial charge in [-0.1, -0.05) is 292 Å². The minimum absolute atomic E-state index is 0.0735. The number of amides is 1. The van der Waals surface area contributed by atoms with Crippen molar-refractivity contribution in [2.45, 2.75) is 283 Å². The standard InChI is InChI=1S/C83H124N3O12PS/c1-7-9-11-13-15-17-19-21-23-25-27-29-31-36-40-54-78(88)95-66-70(98-79(89)55-41-37-32-30-28-26-24-22-20-18-16-14-12-10-8-2)67-97-99(90,91)96-64-61-84-77(87)60-63-86-74-59-57-69-49-43-45-51-72(69)81(74)83(5,6)76(86)53-39-35-33-34-38-52-75-82(3,4)80-71-50-44-42-48-68(71)56-58-73(80)85(75)62-46-47-65-100(92,93)94/h33-35,38-39,42-45,48-53,56-59,70H,7-32,36-37,40-41,46-47,54-55,60-67H2,1-6H3,(H2-,84,87,90,91,92,93,94)/p+1. The van der Waals surface area contributed by atoms with Gasteiger partial charge in [0.15, 0.2) is 11.8 Å². The number of hydrogen-bond donors (Lipinski definition) is 3. The Hall–Kier alpha value is -5.74. The van der Waals surface area contributed by atoms with Crippen molar-refractivity contribution in [3.8, 4) is 0 Å². The molecule has 1 amide bonds. The van der Waals surface area contributed by atoms with Crippen LogP contribution in [0.25, 0.3) is 21.5 Å². The van der Waals surface area contributed by atoms with E-state index in [1.165, 1.54) is 152 Å². The number of nitrogens with zero attached hydrogens (tertiary/aromatic N) is 2. The van der Waals surface area contributed by atoms with E-state index >= 15 is 0 Å². The van der Waals surface area contributed by atoms with Gasteiger partial charge in [0.2, 0.25) is 11.6 Å². The number of ether oxygens (including phenoxy) is 2. The first-order chi connectivity index (χ1) is 48.3. The Bertz CT molecular complexity index is 3460. The summed E-state index contributed by atoms with van der Waals surface area (Å²) in [6.45, 7) is 13.0. The molecule has 0 radical (unpaired) electrons. The van der Waals surface area contributed by atoms with Crippen molar-refractivity contribution in [2.75, 3.05) is 50.1 Å². The average Bonchev–Trinajstić information content (AvgIpc) is 1.58. The van der Waals surface area contributed by atoms with Gasteiger partial charge in [0.05, 0.1) is 24.4 Å². The summed E-state index contributed by atoms with van der Waals surface area (Å²) in [6.07, 6.45) is 50.9. The van der Waals surface area contributed by atoms with E-state index in [1.807, 2.05) is 48.6 Å². The number of fused-ring (bicyclic) bond motifs is 6. The van der Waals surface area contributed by atoms with Crippen LogP contribution in [0.2, 0.25) is 0 Å². The van der Waals surface area contributed by atoms with Crippen LogP contribution < -0.4 is 10.2 Å². The number of hydrogen-bond acceptors (Lipinski definition) is 11. The van der Waals surface area contributed by atoms with Crippen LogP contribution >= 0.6 is 7.82 Å². The molecule has 4 aromatic rings. The average molecular weight is 1420 g/mol. The Labute approximate surface area is 601 Å². The summed E-state index contributed by atoms with van der Waals surface area (Å²) < 4.78 is 70.1. The van der Waals surface area contributed by atoms with Crippen LogP contribution in [0.5, 0.6) is 0 Å². The van der Waals surface area contributed by atoms with E-state index in [2.05, 4.69) is 123 Å². The Morgan fingerprint density at radius 3 is 1.60 bits per heavy atom. The van der Waals surface area contributed by atoms with Crippen molar-refractivity contribution in [1.82, 2.24) is 5.32 Å². The second kappa shape index (κ2) is 45.4. The largest absolute Gasteiger partial charge is 0.472 e. The molecule has 0 aliphatic carbocycles. The summed E-state index contributed by atoms with van der Waals surface area (Å²) in [7, 11) is -8.77. The number of phosphoric acid groups is 1. The lowest BCUT2D eigenvalue weighted by Crippen LogP contribution is -2.33. The minimum Gasteiger partial charge on any atom is -0.462 e. The Kier molecular flexibility index (Phi) is 37.8. The molecule has 0 saturated carbocycles. The van der Waals surface area contributed by atoms with Crippen LogP contribution in [-0.4, -0.2) is 97.3 Å². The van der Waals surface area contributed by atoms with Crippen LogP contribution in [0, 0.1) is 0 Å². The molecule has 554 valence electrons. The predicted molar refractivity (Wildman–Crippen MR) is 412 cm³/mol. The van der Waals surface area contributed by atoms with Gasteiger partial charge in [-0.15, -0.1) is 0 Å². The molecular weight excluding hydrogens is 1290 g/mol. The van der Waals surface area contributed by atoms with Crippen molar-refractivity contribution in [3.63, 3.8) is 0 Å². The number of allylic oxidation sites excluding steroid dienone is 8. The number of nitrogens with one attached hydrogen (secondary N) is 1. The molecule has 0 saturated heterocycles. The van der Waals surface area contributed by atoms with E-state index in [0.29, 0.717) is 38.8 Å². The highest BCUT2D eigenvalue weighted by molar-refractivity contribution is 7.85. The first-order valence-electron chi connectivity index (χ1n) is 38.6. The second-order valence-electron chi connectivity index (χ2n) is 28.9. The number of rotatable bonds is 54. The summed E-state index contributed by atoms with van der Waals surface area (Å²) >= 11 is 0. The monoisotopic (exact) mass is 1420 g/mol. The first-order valence-corrected chi connectivity index (χ1v) is 41.8. The summed E-state index contributed by atoms with van der Waals surface area (Å²) in [5, 5.41) is 7.41. The fourth-order valence-electron chi connectivity index (χ4n) is 14.4. The van der Waals surface area contributed by atoms with Crippen LogP contribution in [0.3, 0.4) is 0 Å². The quantitative estimate of drug-likeness (QED) is 0.00943. The molecule has 0 fully saturated rings. The topological polar surface area (TPSA) is 198 Å². The summed E-state index contributed by atoms with van der Waals surface area (Å²) in [4.78, 5) is 52.7. The molecule has 0 aromatic heterocycles. The third-order valence-corrected chi connectivity index (χ3v) is 21.6. The van der Waals surface area contributed by atoms with Gasteiger partial charge in [-0.3, -0.25) is 28.0 Å².